The lowest BCUT2D eigenvalue weighted by Gasteiger charge is -2.31. The summed E-state index contributed by atoms with van der Waals surface area (Å²) < 4.78 is 0. The maximum absolute atomic E-state index is 11.0. The Bertz CT molecular complexity index is 441. The summed E-state index contributed by atoms with van der Waals surface area (Å²) >= 11 is 1.38. The molecule has 1 fully saturated rings. The predicted octanol–water partition coefficient (Wildman–Crippen LogP) is 3.81. The van der Waals surface area contributed by atoms with Gasteiger partial charge in [-0.1, -0.05) is 26.2 Å². The van der Waals surface area contributed by atoms with Gasteiger partial charge in [-0.2, -0.15) is 0 Å². The Balaban J connectivity index is 1.96. The summed E-state index contributed by atoms with van der Waals surface area (Å²) in [5, 5.41) is 12.7. The van der Waals surface area contributed by atoms with Crippen molar-refractivity contribution in [3.63, 3.8) is 0 Å². The molecule has 1 heterocycles. The number of nitrogens with one attached hydrogen (secondary N) is 1. The van der Waals surface area contributed by atoms with Crippen LogP contribution in [0.25, 0.3) is 0 Å². The summed E-state index contributed by atoms with van der Waals surface area (Å²) in [7, 11) is 0. The quantitative estimate of drug-likeness (QED) is 0.862. The average Bonchev–Trinajstić information content (AvgIpc) is 2.78. The number of hydrogen-bond acceptors (Lipinski definition) is 3. The number of aromatic carboxylic acids is 1. The van der Waals surface area contributed by atoms with E-state index in [0.717, 1.165) is 22.9 Å². The molecule has 1 aliphatic carbocycles. The lowest BCUT2D eigenvalue weighted by molar-refractivity contribution is 0.0702. The Labute approximate surface area is 119 Å². The molecule has 0 spiro atoms. The van der Waals surface area contributed by atoms with Crippen LogP contribution in [-0.4, -0.2) is 17.1 Å². The Morgan fingerprint density at radius 2 is 2.21 bits per heavy atom. The summed E-state index contributed by atoms with van der Waals surface area (Å²) in [6, 6.07) is 2.42. The number of aryl methyl sites for hydroxylation is 1. The van der Waals surface area contributed by atoms with Gasteiger partial charge in [0.25, 0.3) is 0 Å². The average molecular weight is 281 g/mol. The molecule has 1 aliphatic rings. The number of carbonyl (C=O) groups is 1. The molecular formula is C15H23NO2S. The Hall–Kier alpha value is -0.870. The molecule has 2 atom stereocenters. The van der Waals surface area contributed by atoms with Crippen LogP contribution in [0.3, 0.4) is 0 Å². The van der Waals surface area contributed by atoms with Crippen LogP contribution in [-0.2, 0) is 6.54 Å². The second-order valence-electron chi connectivity index (χ2n) is 5.44. The van der Waals surface area contributed by atoms with Crippen molar-refractivity contribution in [3.8, 4) is 0 Å². The van der Waals surface area contributed by atoms with Crippen molar-refractivity contribution in [1.29, 1.82) is 0 Å². The van der Waals surface area contributed by atoms with Crippen LogP contribution < -0.4 is 5.32 Å². The molecule has 0 aliphatic heterocycles. The van der Waals surface area contributed by atoms with Crippen molar-refractivity contribution in [1.82, 2.24) is 5.32 Å². The maximum atomic E-state index is 11.0. The zero-order chi connectivity index (χ0) is 13.8. The highest BCUT2D eigenvalue weighted by atomic mass is 32.1. The molecule has 0 saturated heterocycles. The van der Waals surface area contributed by atoms with E-state index in [1.165, 1.54) is 43.4 Å². The molecule has 1 saturated carbocycles. The zero-order valence-electron chi connectivity index (χ0n) is 11.7. The van der Waals surface area contributed by atoms with Gasteiger partial charge in [-0.05, 0) is 37.3 Å². The first-order valence-corrected chi connectivity index (χ1v) is 7.99. The van der Waals surface area contributed by atoms with Gasteiger partial charge < -0.3 is 10.4 Å². The molecule has 0 amide bonds. The Morgan fingerprint density at radius 3 is 2.84 bits per heavy atom. The second-order valence-corrected chi connectivity index (χ2v) is 6.69. The molecule has 1 aromatic rings. The molecule has 0 radical (unpaired) electrons. The van der Waals surface area contributed by atoms with E-state index in [1.807, 2.05) is 13.0 Å². The number of hydrogen-bond donors (Lipinski definition) is 2. The molecule has 1 aromatic heterocycles. The first-order chi connectivity index (χ1) is 9.11. The first-order valence-electron chi connectivity index (χ1n) is 7.17. The zero-order valence-corrected chi connectivity index (χ0v) is 12.6. The fourth-order valence-corrected chi connectivity index (χ4v) is 3.89. The lowest BCUT2D eigenvalue weighted by atomic mass is 9.83. The van der Waals surface area contributed by atoms with Gasteiger partial charge in [0.2, 0.25) is 0 Å². The highest BCUT2D eigenvalue weighted by Crippen LogP contribution is 2.28. The van der Waals surface area contributed by atoms with Crippen LogP contribution in [0.4, 0.5) is 0 Å². The van der Waals surface area contributed by atoms with E-state index < -0.39 is 5.97 Å². The molecular weight excluding hydrogens is 258 g/mol. The van der Waals surface area contributed by atoms with Gasteiger partial charge in [0.1, 0.15) is 4.88 Å². The fraction of sp³-hybridized carbons (Fsp3) is 0.667. The third-order valence-electron chi connectivity index (χ3n) is 4.22. The van der Waals surface area contributed by atoms with E-state index >= 15 is 0 Å². The molecule has 106 valence electrons. The number of rotatable bonds is 5. The minimum atomic E-state index is -0.816. The summed E-state index contributed by atoms with van der Waals surface area (Å²) in [4.78, 5) is 12.5. The molecule has 0 bridgehead atoms. The fourth-order valence-electron chi connectivity index (χ4n) is 3.01. The molecule has 2 rings (SSSR count). The van der Waals surface area contributed by atoms with Crippen LogP contribution in [0.1, 0.15) is 59.1 Å². The van der Waals surface area contributed by atoms with E-state index in [2.05, 4.69) is 12.2 Å². The molecule has 4 heteroatoms. The van der Waals surface area contributed by atoms with E-state index in [4.69, 9.17) is 5.11 Å². The van der Waals surface area contributed by atoms with Crippen molar-refractivity contribution in [2.24, 2.45) is 5.92 Å². The number of carboxylic acid groups (broad SMARTS) is 1. The van der Waals surface area contributed by atoms with E-state index in [-0.39, 0.29) is 0 Å². The van der Waals surface area contributed by atoms with Crippen molar-refractivity contribution < 1.29 is 9.90 Å². The highest BCUT2D eigenvalue weighted by Gasteiger charge is 2.23. The van der Waals surface area contributed by atoms with Crippen molar-refractivity contribution in [3.05, 3.63) is 21.4 Å². The van der Waals surface area contributed by atoms with Crippen LogP contribution >= 0.6 is 11.3 Å². The standard InChI is InChI=1S/C15H23NO2S/c1-3-11-6-4-5-7-13(11)16-9-12-8-14(15(17)18)19-10(12)2/h8,11,13,16H,3-7,9H2,1-2H3,(H,17,18). The first kappa shape index (κ1) is 14.5. The Morgan fingerprint density at radius 1 is 1.47 bits per heavy atom. The normalized spacial score (nSPS) is 23.5. The van der Waals surface area contributed by atoms with Crippen LogP contribution in [0.15, 0.2) is 6.07 Å². The summed E-state index contributed by atoms with van der Waals surface area (Å²) in [5.41, 5.74) is 1.14. The van der Waals surface area contributed by atoms with E-state index in [1.54, 1.807) is 0 Å². The minimum absolute atomic E-state index is 0.449. The minimum Gasteiger partial charge on any atom is -0.477 e. The third kappa shape index (κ3) is 3.57. The van der Waals surface area contributed by atoms with Gasteiger partial charge in [0.05, 0.1) is 0 Å². The van der Waals surface area contributed by atoms with E-state index in [0.29, 0.717) is 10.9 Å². The highest BCUT2D eigenvalue weighted by molar-refractivity contribution is 7.14. The van der Waals surface area contributed by atoms with Crippen molar-refractivity contribution >= 4 is 17.3 Å². The monoisotopic (exact) mass is 281 g/mol. The summed E-state index contributed by atoms with van der Waals surface area (Å²) in [6.45, 7) is 5.08. The van der Waals surface area contributed by atoms with Crippen LogP contribution in [0.2, 0.25) is 0 Å². The van der Waals surface area contributed by atoms with Crippen LogP contribution in [0, 0.1) is 12.8 Å². The predicted molar refractivity (Wildman–Crippen MR) is 78.9 cm³/mol. The van der Waals surface area contributed by atoms with Crippen molar-refractivity contribution in [2.45, 2.75) is 58.5 Å². The maximum Gasteiger partial charge on any atom is 0.345 e. The smallest absolute Gasteiger partial charge is 0.345 e. The molecule has 3 nitrogen and oxygen atoms in total. The van der Waals surface area contributed by atoms with Gasteiger partial charge in [-0.25, -0.2) is 4.79 Å². The SMILES string of the molecule is CCC1CCCCC1NCc1cc(C(=O)O)sc1C. The molecule has 0 aromatic carbocycles. The van der Waals surface area contributed by atoms with Gasteiger partial charge in [-0.3, -0.25) is 0 Å². The number of thiophene rings is 1. The summed E-state index contributed by atoms with van der Waals surface area (Å²) in [6.07, 6.45) is 6.50. The lowest BCUT2D eigenvalue weighted by Crippen LogP contribution is -2.37. The van der Waals surface area contributed by atoms with Crippen LogP contribution in [0.5, 0.6) is 0 Å². The number of carboxylic acids is 1. The molecule has 2 N–H and O–H groups in total. The van der Waals surface area contributed by atoms with Gasteiger partial charge >= 0.3 is 5.97 Å². The largest absolute Gasteiger partial charge is 0.477 e. The summed E-state index contributed by atoms with van der Waals surface area (Å²) in [5.74, 6) is -0.0323. The van der Waals surface area contributed by atoms with Gasteiger partial charge in [0.15, 0.2) is 0 Å². The van der Waals surface area contributed by atoms with Crippen molar-refractivity contribution in [2.75, 3.05) is 0 Å². The second kappa shape index (κ2) is 6.53. The van der Waals surface area contributed by atoms with Gasteiger partial charge in [-0.15, -0.1) is 11.3 Å². The Kier molecular flexibility index (Phi) is 4.99. The third-order valence-corrected chi connectivity index (χ3v) is 5.30. The van der Waals surface area contributed by atoms with E-state index in [9.17, 15) is 4.79 Å². The molecule has 2 unspecified atom stereocenters. The topological polar surface area (TPSA) is 49.3 Å². The van der Waals surface area contributed by atoms with Gasteiger partial charge in [0, 0.05) is 17.5 Å². The molecule has 19 heavy (non-hydrogen) atoms.